The van der Waals surface area contributed by atoms with Crippen molar-refractivity contribution in [2.45, 2.75) is 44.8 Å². The summed E-state index contributed by atoms with van der Waals surface area (Å²) in [5.74, 6) is 1.03. The van der Waals surface area contributed by atoms with Gasteiger partial charge in [-0.05, 0) is 51.9 Å². The third-order valence-electron chi connectivity index (χ3n) is 4.28. The van der Waals surface area contributed by atoms with Crippen LogP contribution in [0.3, 0.4) is 0 Å². The second-order valence-corrected chi connectivity index (χ2v) is 5.72. The minimum absolute atomic E-state index is 0.0205. The minimum atomic E-state index is -0.0205. The molecule has 3 rings (SSSR count). The zero-order valence-electron chi connectivity index (χ0n) is 11.9. The predicted octanol–water partition coefficient (Wildman–Crippen LogP) is 2.98. The van der Waals surface area contributed by atoms with E-state index >= 15 is 0 Å². The van der Waals surface area contributed by atoms with E-state index in [9.17, 15) is 0 Å². The molecule has 0 amide bonds. The molecular weight excluding hydrogens is 238 g/mol. The van der Waals surface area contributed by atoms with Gasteiger partial charge < -0.3 is 14.8 Å². The van der Waals surface area contributed by atoms with Gasteiger partial charge in [0.15, 0.2) is 0 Å². The Balaban J connectivity index is 1.94. The highest BCUT2D eigenvalue weighted by Gasteiger charge is 2.42. The SMILES string of the molecule is CCOC1CC2(CCNCC2)Oc2ccc(C)cc21. The van der Waals surface area contributed by atoms with E-state index in [1.54, 1.807) is 0 Å². The molecular formula is C16H23NO2. The van der Waals surface area contributed by atoms with Crippen molar-refractivity contribution < 1.29 is 9.47 Å². The fourth-order valence-corrected chi connectivity index (χ4v) is 3.27. The third kappa shape index (κ3) is 2.49. The smallest absolute Gasteiger partial charge is 0.125 e. The van der Waals surface area contributed by atoms with Gasteiger partial charge in [0.2, 0.25) is 0 Å². The van der Waals surface area contributed by atoms with Crippen LogP contribution in [-0.4, -0.2) is 25.3 Å². The first-order valence-corrected chi connectivity index (χ1v) is 7.34. The Bertz CT molecular complexity index is 452. The molecule has 1 N–H and O–H groups in total. The van der Waals surface area contributed by atoms with Crippen molar-refractivity contribution >= 4 is 0 Å². The van der Waals surface area contributed by atoms with Crippen molar-refractivity contribution in [1.29, 1.82) is 0 Å². The summed E-state index contributed by atoms with van der Waals surface area (Å²) in [5.41, 5.74) is 2.48. The van der Waals surface area contributed by atoms with Gasteiger partial charge in [0.25, 0.3) is 0 Å². The second kappa shape index (κ2) is 5.14. The average Bonchev–Trinajstić information content (AvgIpc) is 2.41. The number of nitrogens with one attached hydrogen (secondary N) is 1. The van der Waals surface area contributed by atoms with Crippen molar-refractivity contribution in [1.82, 2.24) is 5.32 Å². The molecule has 0 radical (unpaired) electrons. The quantitative estimate of drug-likeness (QED) is 0.888. The molecule has 3 nitrogen and oxygen atoms in total. The second-order valence-electron chi connectivity index (χ2n) is 5.72. The van der Waals surface area contributed by atoms with Crippen molar-refractivity contribution in [3.8, 4) is 5.75 Å². The van der Waals surface area contributed by atoms with Crippen LogP contribution in [0, 0.1) is 6.92 Å². The van der Waals surface area contributed by atoms with Crippen LogP contribution in [0.25, 0.3) is 0 Å². The molecule has 1 spiro atoms. The lowest BCUT2D eigenvalue weighted by atomic mass is 9.82. The number of benzene rings is 1. The normalized spacial score (nSPS) is 24.8. The minimum Gasteiger partial charge on any atom is -0.487 e. The van der Waals surface area contributed by atoms with Gasteiger partial charge in [-0.15, -0.1) is 0 Å². The molecule has 2 aliphatic rings. The average molecular weight is 261 g/mol. The topological polar surface area (TPSA) is 30.5 Å². The Morgan fingerprint density at radius 2 is 2.16 bits per heavy atom. The van der Waals surface area contributed by atoms with Crippen LogP contribution in [0.15, 0.2) is 18.2 Å². The van der Waals surface area contributed by atoms with E-state index in [4.69, 9.17) is 9.47 Å². The van der Waals surface area contributed by atoms with Crippen LogP contribution in [0.2, 0.25) is 0 Å². The lowest BCUT2D eigenvalue weighted by Gasteiger charge is -2.44. The first-order chi connectivity index (χ1) is 9.22. The summed E-state index contributed by atoms with van der Waals surface area (Å²) in [4.78, 5) is 0. The van der Waals surface area contributed by atoms with Crippen LogP contribution in [0.5, 0.6) is 5.75 Å². The monoisotopic (exact) mass is 261 g/mol. The molecule has 2 aliphatic heterocycles. The van der Waals surface area contributed by atoms with Gasteiger partial charge in [-0.25, -0.2) is 0 Å². The van der Waals surface area contributed by atoms with Gasteiger partial charge in [-0.1, -0.05) is 11.6 Å². The van der Waals surface area contributed by atoms with Crippen molar-refractivity contribution in [2.75, 3.05) is 19.7 Å². The number of rotatable bonds is 2. The van der Waals surface area contributed by atoms with Crippen LogP contribution in [0.1, 0.15) is 43.4 Å². The maximum Gasteiger partial charge on any atom is 0.125 e. The van der Waals surface area contributed by atoms with Crippen molar-refractivity contribution in [2.24, 2.45) is 0 Å². The molecule has 1 atom stereocenters. The van der Waals surface area contributed by atoms with E-state index in [-0.39, 0.29) is 11.7 Å². The molecule has 0 bridgehead atoms. The molecule has 0 aromatic heterocycles. The number of hydrogen-bond acceptors (Lipinski definition) is 3. The van der Waals surface area contributed by atoms with Gasteiger partial charge in [-0.3, -0.25) is 0 Å². The molecule has 19 heavy (non-hydrogen) atoms. The Morgan fingerprint density at radius 1 is 1.37 bits per heavy atom. The fraction of sp³-hybridized carbons (Fsp3) is 0.625. The summed E-state index contributed by atoms with van der Waals surface area (Å²) in [7, 11) is 0. The molecule has 0 aliphatic carbocycles. The summed E-state index contributed by atoms with van der Waals surface area (Å²) in [5, 5.41) is 3.42. The molecule has 3 heteroatoms. The summed E-state index contributed by atoms with van der Waals surface area (Å²) in [6.45, 7) is 7.03. The summed E-state index contributed by atoms with van der Waals surface area (Å²) >= 11 is 0. The van der Waals surface area contributed by atoms with E-state index in [0.717, 1.165) is 44.7 Å². The highest BCUT2D eigenvalue weighted by molar-refractivity contribution is 5.41. The zero-order chi connectivity index (χ0) is 13.3. The standard InChI is InChI=1S/C16H23NO2/c1-3-18-15-11-16(6-8-17-9-7-16)19-14-5-4-12(2)10-13(14)15/h4-5,10,15,17H,3,6-9,11H2,1-2H3. The van der Waals surface area contributed by atoms with Gasteiger partial charge >= 0.3 is 0 Å². The van der Waals surface area contributed by atoms with Gasteiger partial charge in [0, 0.05) is 18.6 Å². The summed E-state index contributed by atoms with van der Waals surface area (Å²) in [6, 6.07) is 6.45. The maximum absolute atomic E-state index is 6.37. The number of ether oxygens (including phenoxy) is 2. The van der Waals surface area contributed by atoms with Crippen LogP contribution < -0.4 is 10.1 Å². The molecule has 1 saturated heterocycles. The van der Waals surface area contributed by atoms with Crippen LogP contribution in [-0.2, 0) is 4.74 Å². The van der Waals surface area contributed by atoms with E-state index in [2.05, 4.69) is 37.4 Å². The molecule has 0 saturated carbocycles. The van der Waals surface area contributed by atoms with E-state index in [1.165, 1.54) is 11.1 Å². The Kier molecular flexibility index (Phi) is 3.50. The lowest BCUT2D eigenvalue weighted by Crippen LogP contribution is -2.49. The van der Waals surface area contributed by atoms with Crippen LogP contribution >= 0.6 is 0 Å². The summed E-state index contributed by atoms with van der Waals surface area (Å²) in [6.07, 6.45) is 3.32. The third-order valence-corrected chi connectivity index (χ3v) is 4.28. The fourth-order valence-electron chi connectivity index (χ4n) is 3.27. The molecule has 1 aromatic rings. The highest BCUT2D eigenvalue weighted by Crippen LogP contribution is 2.45. The van der Waals surface area contributed by atoms with Gasteiger partial charge in [-0.2, -0.15) is 0 Å². The number of fused-ring (bicyclic) bond motifs is 1. The van der Waals surface area contributed by atoms with Gasteiger partial charge in [0.05, 0.1) is 6.10 Å². The number of hydrogen-bond donors (Lipinski definition) is 1. The molecule has 2 heterocycles. The van der Waals surface area contributed by atoms with E-state index < -0.39 is 0 Å². The Hall–Kier alpha value is -1.06. The largest absolute Gasteiger partial charge is 0.487 e. The summed E-state index contributed by atoms with van der Waals surface area (Å²) < 4.78 is 12.4. The van der Waals surface area contributed by atoms with Crippen molar-refractivity contribution in [3.63, 3.8) is 0 Å². The lowest BCUT2D eigenvalue weighted by molar-refractivity contribution is -0.0589. The Labute approximate surface area is 115 Å². The zero-order valence-corrected chi connectivity index (χ0v) is 11.9. The molecule has 1 aromatic carbocycles. The molecule has 1 unspecified atom stereocenters. The van der Waals surface area contributed by atoms with E-state index in [0.29, 0.717) is 0 Å². The Morgan fingerprint density at radius 3 is 2.89 bits per heavy atom. The predicted molar refractivity (Wildman–Crippen MR) is 75.6 cm³/mol. The maximum atomic E-state index is 6.37. The van der Waals surface area contributed by atoms with E-state index in [1.807, 2.05) is 0 Å². The van der Waals surface area contributed by atoms with Crippen LogP contribution in [0.4, 0.5) is 0 Å². The molecule has 1 fully saturated rings. The van der Waals surface area contributed by atoms with Crippen molar-refractivity contribution in [3.05, 3.63) is 29.3 Å². The number of piperidine rings is 1. The first-order valence-electron chi connectivity index (χ1n) is 7.34. The molecule has 104 valence electrons. The van der Waals surface area contributed by atoms with Gasteiger partial charge in [0.1, 0.15) is 11.4 Å². The number of aryl methyl sites for hydroxylation is 1. The first kappa shape index (κ1) is 12.9. The highest BCUT2D eigenvalue weighted by atomic mass is 16.5.